The summed E-state index contributed by atoms with van der Waals surface area (Å²) in [4.78, 5) is 8.87. The molecule has 7 heteroatoms. The van der Waals surface area contributed by atoms with Gasteiger partial charge < -0.3 is 15.0 Å². The molecule has 1 fully saturated rings. The Balaban J connectivity index is 1.34. The van der Waals surface area contributed by atoms with Gasteiger partial charge in [-0.25, -0.2) is 9.97 Å². The van der Waals surface area contributed by atoms with Crippen molar-refractivity contribution in [3.05, 3.63) is 60.2 Å². The lowest BCUT2D eigenvalue weighted by Gasteiger charge is -2.15. The second kappa shape index (κ2) is 7.39. The molecule has 4 rings (SSSR count). The molecule has 26 heavy (non-hydrogen) atoms. The number of para-hydroxylation sites is 1. The molecule has 1 aliphatic carbocycles. The van der Waals surface area contributed by atoms with E-state index < -0.39 is 0 Å². The fourth-order valence-corrected chi connectivity index (χ4v) is 3.73. The van der Waals surface area contributed by atoms with Crippen molar-refractivity contribution in [1.82, 2.24) is 30.0 Å². The van der Waals surface area contributed by atoms with E-state index in [1.807, 2.05) is 37.5 Å². The van der Waals surface area contributed by atoms with Gasteiger partial charge in [-0.1, -0.05) is 18.2 Å². The highest BCUT2D eigenvalue weighted by molar-refractivity contribution is 5.32. The van der Waals surface area contributed by atoms with Gasteiger partial charge in [0.15, 0.2) is 5.82 Å². The molecule has 0 radical (unpaired) electrons. The summed E-state index contributed by atoms with van der Waals surface area (Å²) in [5.74, 6) is 3.05. The number of aryl methyl sites for hydroxylation is 1. The number of imidazole rings is 1. The molecule has 3 N–H and O–H groups in total. The van der Waals surface area contributed by atoms with Gasteiger partial charge in [0.2, 0.25) is 0 Å². The lowest BCUT2D eigenvalue weighted by molar-refractivity contribution is 0.131. The van der Waals surface area contributed by atoms with Gasteiger partial charge in [0.25, 0.3) is 0 Å². The van der Waals surface area contributed by atoms with E-state index in [4.69, 9.17) is 0 Å². The van der Waals surface area contributed by atoms with Gasteiger partial charge in [-0.2, -0.15) is 5.10 Å². The number of benzene rings is 1. The molecule has 2 aromatic heterocycles. The van der Waals surface area contributed by atoms with E-state index in [2.05, 4.69) is 42.2 Å². The number of nitrogens with one attached hydrogen (secondary N) is 2. The Morgan fingerprint density at radius 3 is 2.88 bits per heavy atom. The molecule has 0 saturated heterocycles. The van der Waals surface area contributed by atoms with Gasteiger partial charge in [-0.15, -0.1) is 0 Å². The van der Waals surface area contributed by atoms with Crippen LogP contribution in [0.15, 0.2) is 42.7 Å². The van der Waals surface area contributed by atoms with Crippen LogP contribution in [0, 0.1) is 12.8 Å². The Kier molecular flexibility index (Phi) is 4.81. The van der Waals surface area contributed by atoms with Crippen LogP contribution in [0.25, 0.3) is 5.69 Å². The summed E-state index contributed by atoms with van der Waals surface area (Å²) in [6.07, 6.45) is 5.09. The van der Waals surface area contributed by atoms with Crippen molar-refractivity contribution in [3.63, 3.8) is 0 Å². The van der Waals surface area contributed by atoms with Crippen LogP contribution in [0.2, 0.25) is 0 Å². The zero-order chi connectivity index (χ0) is 17.9. The standard InChI is InChI=1S/C19H24N6O/c1-13-22-19(24-23-13)14-9-15(17(26)10-14)11-20-12-18-21-7-8-25(18)16-5-3-2-4-6-16/h2-8,14-15,17,20,26H,9-12H2,1H3,(H,22,23,24)/t14-,15+,17+/m0/s1. The Bertz CT molecular complexity index is 843. The first kappa shape index (κ1) is 16.9. The van der Waals surface area contributed by atoms with Gasteiger partial charge in [0, 0.05) is 30.5 Å². The summed E-state index contributed by atoms with van der Waals surface area (Å²) in [5.41, 5.74) is 1.10. The van der Waals surface area contributed by atoms with E-state index in [1.165, 1.54) is 0 Å². The highest BCUT2D eigenvalue weighted by Crippen LogP contribution is 2.36. The first-order valence-corrected chi connectivity index (χ1v) is 9.06. The predicted molar refractivity (Wildman–Crippen MR) is 97.9 cm³/mol. The summed E-state index contributed by atoms with van der Waals surface area (Å²) in [7, 11) is 0. The molecule has 3 aromatic rings. The number of aromatic nitrogens is 5. The maximum absolute atomic E-state index is 10.4. The van der Waals surface area contributed by atoms with Crippen LogP contribution in [0.1, 0.15) is 36.2 Å². The highest BCUT2D eigenvalue weighted by Gasteiger charge is 2.35. The fourth-order valence-electron chi connectivity index (χ4n) is 3.73. The van der Waals surface area contributed by atoms with Crippen molar-refractivity contribution in [3.8, 4) is 5.69 Å². The third kappa shape index (κ3) is 3.54. The molecule has 0 spiro atoms. The Hall–Kier alpha value is -2.51. The van der Waals surface area contributed by atoms with Crippen LogP contribution < -0.4 is 5.32 Å². The molecule has 136 valence electrons. The number of aliphatic hydroxyl groups is 1. The van der Waals surface area contributed by atoms with Crippen molar-refractivity contribution < 1.29 is 5.11 Å². The molecule has 7 nitrogen and oxygen atoms in total. The molecule has 0 unspecified atom stereocenters. The molecule has 1 saturated carbocycles. The predicted octanol–water partition coefficient (Wildman–Crippen LogP) is 1.94. The van der Waals surface area contributed by atoms with Crippen molar-refractivity contribution in [2.45, 2.75) is 38.3 Å². The SMILES string of the molecule is Cc1nc([C@H]2C[C@H](CNCc3nccn3-c3ccccc3)[C@H](O)C2)n[nH]1. The number of hydrogen-bond donors (Lipinski definition) is 3. The number of rotatable bonds is 6. The second-order valence-corrected chi connectivity index (χ2v) is 6.95. The summed E-state index contributed by atoms with van der Waals surface area (Å²) < 4.78 is 2.08. The van der Waals surface area contributed by atoms with Gasteiger partial charge in [-0.05, 0) is 37.8 Å². The van der Waals surface area contributed by atoms with E-state index in [-0.39, 0.29) is 17.9 Å². The van der Waals surface area contributed by atoms with Gasteiger partial charge in [0.1, 0.15) is 11.6 Å². The van der Waals surface area contributed by atoms with E-state index in [0.29, 0.717) is 6.54 Å². The Morgan fingerprint density at radius 2 is 2.12 bits per heavy atom. The molecular weight excluding hydrogens is 328 g/mol. The zero-order valence-corrected chi connectivity index (χ0v) is 14.8. The van der Waals surface area contributed by atoms with Crippen LogP contribution in [-0.4, -0.2) is 42.5 Å². The summed E-state index contributed by atoms with van der Waals surface area (Å²) in [5, 5.41) is 21.0. The third-order valence-electron chi connectivity index (χ3n) is 5.08. The summed E-state index contributed by atoms with van der Waals surface area (Å²) >= 11 is 0. The van der Waals surface area contributed by atoms with Crippen LogP contribution in [-0.2, 0) is 6.54 Å². The van der Waals surface area contributed by atoms with E-state index in [0.717, 1.165) is 42.5 Å². The monoisotopic (exact) mass is 352 g/mol. The molecule has 1 aromatic carbocycles. The normalized spacial score (nSPS) is 22.8. The molecule has 3 atom stereocenters. The zero-order valence-electron chi connectivity index (χ0n) is 14.8. The lowest BCUT2D eigenvalue weighted by atomic mass is 10.0. The quantitative estimate of drug-likeness (QED) is 0.631. The number of nitrogens with zero attached hydrogens (tertiary/aromatic N) is 4. The molecule has 0 aliphatic heterocycles. The maximum atomic E-state index is 10.4. The van der Waals surface area contributed by atoms with Crippen molar-refractivity contribution in [2.24, 2.45) is 5.92 Å². The number of aromatic amines is 1. The van der Waals surface area contributed by atoms with E-state index in [1.54, 1.807) is 0 Å². The van der Waals surface area contributed by atoms with Gasteiger partial charge in [0.05, 0.1) is 12.6 Å². The fraction of sp³-hybridized carbons (Fsp3) is 0.421. The van der Waals surface area contributed by atoms with Gasteiger partial charge in [-0.3, -0.25) is 5.10 Å². The molecule has 0 bridgehead atoms. The minimum atomic E-state index is -0.319. The summed E-state index contributed by atoms with van der Waals surface area (Å²) in [6.45, 7) is 3.31. The number of hydrogen-bond acceptors (Lipinski definition) is 5. The third-order valence-corrected chi connectivity index (χ3v) is 5.08. The minimum Gasteiger partial charge on any atom is -0.393 e. The Morgan fingerprint density at radius 1 is 1.27 bits per heavy atom. The van der Waals surface area contributed by atoms with Crippen LogP contribution in [0.5, 0.6) is 0 Å². The maximum Gasteiger partial charge on any atom is 0.153 e. The van der Waals surface area contributed by atoms with E-state index >= 15 is 0 Å². The number of aliphatic hydroxyl groups excluding tert-OH is 1. The highest BCUT2D eigenvalue weighted by atomic mass is 16.3. The Labute approximate surface area is 152 Å². The first-order valence-electron chi connectivity index (χ1n) is 9.06. The largest absolute Gasteiger partial charge is 0.393 e. The average Bonchev–Trinajstić information content (AvgIpc) is 3.37. The lowest BCUT2D eigenvalue weighted by Crippen LogP contribution is -2.28. The van der Waals surface area contributed by atoms with Crippen molar-refractivity contribution in [2.75, 3.05) is 6.54 Å². The van der Waals surface area contributed by atoms with Crippen molar-refractivity contribution in [1.29, 1.82) is 0 Å². The average molecular weight is 352 g/mol. The molecular formula is C19H24N6O. The van der Waals surface area contributed by atoms with Crippen molar-refractivity contribution >= 4 is 0 Å². The first-order chi connectivity index (χ1) is 12.7. The van der Waals surface area contributed by atoms with Crippen LogP contribution >= 0.6 is 0 Å². The molecule has 1 aliphatic rings. The molecule has 0 amide bonds. The number of H-pyrrole nitrogens is 1. The van der Waals surface area contributed by atoms with Crippen LogP contribution in [0.4, 0.5) is 0 Å². The topological polar surface area (TPSA) is 91.7 Å². The second-order valence-electron chi connectivity index (χ2n) is 6.95. The van der Waals surface area contributed by atoms with E-state index in [9.17, 15) is 5.11 Å². The summed E-state index contributed by atoms with van der Waals surface area (Å²) in [6, 6.07) is 10.2. The van der Waals surface area contributed by atoms with Crippen LogP contribution in [0.3, 0.4) is 0 Å². The molecule has 2 heterocycles. The minimum absolute atomic E-state index is 0.207. The smallest absolute Gasteiger partial charge is 0.153 e. The van der Waals surface area contributed by atoms with Gasteiger partial charge >= 0.3 is 0 Å².